The van der Waals surface area contributed by atoms with Crippen molar-refractivity contribution in [1.82, 2.24) is 9.97 Å². The summed E-state index contributed by atoms with van der Waals surface area (Å²) < 4.78 is 4.95. The summed E-state index contributed by atoms with van der Waals surface area (Å²) in [6, 6.07) is 7.64. The van der Waals surface area contributed by atoms with Crippen LogP contribution in [0.2, 0.25) is 10.0 Å². The first-order valence-electron chi connectivity index (χ1n) is 7.96. The Morgan fingerprint density at radius 3 is 2.66 bits per heavy atom. The first-order valence-corrected chi connectivity index (χ1v) is 9.70. The molecule has 1 aromatic carbocycles. The van der Waals surface area contributed by atoms with E-state index in [9.17, 15) is 14.4 Å². The predicted molar refractivity (Wildman–Crippen MR) is 112 cm³/mol. The number of hydrogen-bond acceptors (Lipinski definition) is 7. The lowest BCUT2D eigenvalue weighted by Crippen LogP contribution is -2.23. The number of nitrogens with one attached hydrogen (secondary N) is 3. The van der Waals surface area contributed by atoms with Crippen molar-refractivity contribution >= 4 is 64.0 Å². The van der Waals surface area contributed by atoms with Crippen molar-refractivity contribution in [2.24, 2.45) is 0 Å². The van der Waals surface area contributed by atoms with Crippen LogP contribution in [0.5, 0.6) is 0 Å². The van der Waals surface area contributed by atoms with E-state index in [1.807, 2.05) is 0 Å². The molecule has 2 amide bonds. The second kappa shape index (κ2) is 9.03. The number of hydrogen-bond donors (Lipinski definition) is 4. The number of nitrogens with zero attached hydrogens (tertiary/aromatic N) is 1. The molecule has 0 bridgehead atoms. The van der Waals surface area contributed by atoms with Crippen molar-refractivity contribution in [2.75, 3.05) is 22.1 Å². The highest BCUT2D eigenvalue weighted by atomic mass is 35.5. The van der Waals surface area contributed by atoms with E-state index in [2.05, 4.69) is 20.6 Å². The molecule has 150 valence electrons. The molecule has 0 radical (unpaired) electrons. The second-order valence-corrected chi connectivity index (χ2v) is 7.31. The molecule has 0 spiro atoms. The zero-order valence-electron chi connectivity index (χ0n) is 14.5. The van der Waals surface area contributed by atoms with Gasteiger partial charge in [-0.2, -0.15) is 0 Å². The van der Waals surface area contributed by atoms with Crippen molar-refractivity contribution in [3.8, 4) is 0 Å². The summed E-state index contributed by atoms with van der Waals surface area (Å²) in [5.41, 5.74) is 5.37. The quantitative estimate of drug-likeness (QED) is 0.331. The highest BCUT2D eigenvalue weighted by molar-refractivity contribution is 7.99. The number of H-pyrrole nitrogens is 1. The van der Waals surface area contributed by atoms with Gasteiger partial charge in [0.15, 0.2) is 22.4 Å². The molecule has 12 heteroatoms. The van der Waals surface area contributed by atoms with E-state index in [4.69, 9.17) is 33.4 Å². The number of thioether (sulfide) groups is 1. The maximum Gasteiger partial charge on any atom is 0.291 e. The Kier molecular flexibility index (Phi) is 6.47. The summed E-state index contributed by atoms with van der Waals surface area (Å²) >= 11 is 12.7. The number of carbonyl (C=O) groups excluding carboxylic acids is 2. The molecular formula is C17H13Cl2N5O4S. The first kappa shape index (κ1) is 20.8. The monoisotopic (exact) mass is 453 g/mol. The smallest absolute Gasteiger partial charge is 0.291 e. The Bertz CT molecular complexity index is 1120. The van der Waals surface area contributed by atoms with Crippen LogP contribution in [0.4, 0.5) is 17.2 Å². The molecule has 0 unspecified atom stereocenters. The van der Waals surface area contributed by atoms with Gasteiger partial charge in [0, 0.05) is 5.69 Å². The molecule has 0 aliphatic carbocycles. The van der Waals surface area contributed by atoms with Gasteiger partial charge in [-0.15, -0.1) is 0 Å². The van der Waals surface area contributed by atoms with Gasteiger partial charge in [0.1, 0.15) is 0 Å². The molecule has 0 atom stereocenters. The van der Waals surface area contributed by atoms with E-state index < -0.39 is 11.5 Å². The fourth-order valence-corrected chi connectivity index (χ4v) is 3.11. The first-order chi connectivity index (χ1) is 13.8. The number of aromatic amines is 1. The van der Waals surface area contributed by atoms with Gasteiger partial charge in [0.2, 0.25) is 5.91 Å². The highest BCUT2D eigenvalue weighted by Crippen LogP contribution is 2.25. The Hall–Kier alpha value is -2.95. The van der Waals surface area contributed by atoms with Crippen molar-refractivity contribution < 1.29 is 14.0 Å². The minimum absolute atomic E-state index is 0.0150. The summed E-state index contributed by atoms with van der Waals surface area (Å²) in [5.74, 6) is -1.23. The zero-order valence-corrected chi connectivity index (χ0v) is 16.8. The van der Waals surface area contributed by atoms with Gasteiger partial charge in [-0.1, -0.05) is 35.0 Å². The van der Waals surface area contributed by atoms with Crippen LogP contribution in [-0.2, 0) is 4.79 Å². The minimum atomic E-state index is -0.662. The molecule has 0 saturated heterocycles. The van der Waals surface area contributed by atoms with Crippen molar-refractivity contribution in [3.05, 3.63) is 62.8 Å². The molecule has 9 nitrogen and oxygen atoms in total. The van der Waals surface area contributed by atoms with Crippen molar-refractivity contribution in [1.29, 1.82) is 0 Å². The summed E-state index contributed by atoms with van der Waals surface area (Å²) in [6.07, 6.45) is 1.32. The van der Waals surface area contributed by atoms with Gasteiger partial charge in [0.05, 0.1) is 22.1 Å². The van der Waals surface area contributed by atoms with E-state index in [0.717, 1.165) is 11.8 Å². The number of nitrogen functional groups attached to an aromatic ring is 1. The van der Waals surface area contributed by atoms with Crippen molar-refractivity contribution in [2.45, 2.75) is 5.16 Å². The molecule has 2 aromatic heterocycles. The van der Waals surface area contributed by atoms with E-state index >= 15 is 0 Å². The fourth-order valence-electron chi connectivity index (χ4n) is 2.15. The number of nitrogens with two attached hydrogens (primary N) is 1. The Morgan fingerprint density at radius 2 is 2.00 bits per heavy atom. The minimum Gasteiger partial charge on any atom is -0.459 e. The molecule has 0 aliphatic rings. The number of anilines is 3. The number of carbonyl (C=O) groups is 2. The van der Waals surface area contributed by atoms with Gasteiger partial charge in [-0.3, -0.25) is 19.4 Å². The molecule has 3 rings (SSSR count). The lowest BCUT2D eigenvalue weighted by Gasteiger charge is -2.08. The van der Waals surface area contributed by atoms with Gasteiger partial charge in [-0.05, 0) is 30.3 Å². The molecule has 2 heterocycles. The maximum atomic E-state index is 12.2. The topological polar surface area (TPSA) is 143 Å². The lowest BCUT2D eigenvalue weighted by atomic mass is 10.3. The zero-order chi connectivity index (χ0) is 21.0. The van der Waals surface area contributed by atoms with E-state index in [1.54, 1.807) is 12.1 Å². The summed E-state index contributed by atoms with van der Waals surface area (Å²) in [7, 11) is 0. The molecule has 0 saturated carbocycles. The van der Waals surface area contributed by atoms with Crippen molar-refractivity contribution in [3.63, 3.8) is 0 Å². The molecule has 0 fully saturated rings. The summed E-state index contributed by atoms with van der Waals surface area (Å²) in [6.45, 7) is 0. The van der Waals surface area contributed by atoms with E-state index in [1.165, 1.54) is 24.5 Å². The highest BCUT2D eigenvalue weighted by Gasteiger charge is 2.16. The third-order valence-corrected chi connectivity index (χ3v) is 5.06. The fraction of sp³-hybridized carbons (Fsp3) is 0.0588. The SMILES string of the molecule is Nc1nc(SCC(=O)Nc2ccc(Cl)c(Cl)c2)[nH]c(=O)c1NC(=O)c1ccco1. The molecule has 0 aliphatic heterocycles. The number of furan rings is 1. The predicted octanol–water partition coefficient (Wildman–Crippen LogP) is 3.24. The number of benzene rings is 1. The van der Waals surface area contributed by atoms with Crippen LogP contribution >= 0.6 is 35.0 Å². The van der Waals surface area contributed by atoms with Gasteiger partial charge < -0.3 is 20.8 Å². The van der Waals surface area contributed by atoms with E-state index in [-0.39, 0.29) is 34.1 Å². The Morgan fingerprint density at radius 1 is 1.21 bits per heavy atom. The van der Waals surface area contributed by atoms with Crippen LogP contribution in [-0.4, -0.2) is 27.5 Å². The maximum absolute atomic E-state index is 12.2. The van der Waals surface area contributed by atoms with Gasteiger partial charge >= 0.3 is 0 Å². The standard InChI is InChI=1S/C17H13Cl2N5O4S/c18-9-4-3-8(6-10(9)19)21-12(25)7-29-17-23-14(20)13(16(27)24-17)22-15(26)11-2-1-5-28-11/h1-6H,7H2,(H,21,25)(H,22,26)(H3,20,23,24,27). The number of halogens is 2. The van der Waals surface area contributed by atoms with E-state index in [0.29, 0.717) is 15.7 Å². The van der Waals surface area contributed by atoms with Gasteiger partial charge in [0.25, 0.3) is 11.5 Å². The molecular weight excluding hydrogens is 441 g/mol. The Labute approximate surface area is 178 Å². The molecule has 3 aromatic rings. The number of amides is 2. The van der Waals surface area contributed by atoms with Crippen LogP contribution in [0.25, 0.3) is 0 Å². The number of aromatic nitrogens is 2. The van der Waals surface area contributed by atoms with Gasteiger partial charge in [-0.25, -0.2) is 4.98 Å². The molecule has 29 heavy (non-hydrogen) atoms. The average molecular weight is 454 g/mol. The molecule has 5 N–H and O–H groups in total. The summed E-state index contributed by atoms with van der Waals surface area (Å²) in [5, 5.41) is 5.78. The largest absolute Gasteiger partial charge is 0.459 e. The Balaban J connectivity index is 1.62. The lowest BCUT2D eigenvalue weighted by molar-refractivity contribution is -0.113. The third kappa shape index (κ3) is 5.31. The van der Waals surface area contributed by atoms with Crippen LogP contribution in [0.3, 0.4) is 0 Å². The average Bonchev–Trinajstić information content (AvgIpc) is 3.21. The normalized spacial score (nSPS) is 10.6. The van der Waals surface area contributed by atoms with Crippen LogP contribution in [0.1, 0.15) is 10.6 Å². The third-order valence-electron chi connectivity index (χ3n) is 3.45. The van der Waals surface area contributed by atoms with Crippen LogP contribution in [0, 0.1) is 0 Å². The van der Waals surface area contributed by atoms with Crippen LogP contribution in [0.15, 0.2) is 51.0 Å². The summed E-state index contributed by atoms with van der Waals surface area (Å²) in [4.78, 5) is 42.7. The van der Waals surface area contributed by atoms with Crippen LogP contribution < -0.4 is 21.9 Å². The second-order valence-electron chi connectivity index (χ2n) is 5.53. The number of rotatable bonds is 6.